The summed E-state index contributed by atoms with van der Waals surface area (Å²) in [4.78, 5) is 18.5. The van der Waals surface area contributed by atoms with Crippen LogP contribution in [0.25, 0.3) is 10.9 Å². The largest absolute Gasteiger partial charge is 0.495 e. The number of fused-ring (bicyclic) bond motifs is 1. The Kier molecular flexibility index (Phi) is 6.43. The molecule has 12 heteroatoms. The van der Waals surface area contributed by atoms with E-state index in [4.69, 9.17) is 39.5 Å². The van der Waals surface area contributed by atoms with Gasteiger partial charge in [-0.2, -0.15) is 0 Å². The molecular formula is C21H19Cl3FN3O4S. The van der Waals surface area contributed by atoms with Gasteiger partial charge in [-0.05, 0) is 36.4 Å². The lowest BCUT2D eigenvalue weighted by Crippen LogP contribution is -2.51. The van der Waals surface area contributed by atoms with E-state index in [1.807, 2.05) is 4.90 Å². The Hall–Kier alpha value is -2.20. The molecule has 7 nitrogen and oxygen atoms in total. The fourth-order valence-electron chi connectivity index (χ4n) is 3.83. The van der Waals surface area contributed by atoms with Crippen LogP contribution >= 0.6 is 34.8 Å². The van der Waals surface area contributed by atoms with Gasteiger partial charge in [-0.25, -0.2) is 12.8 Å². The van der Waals surface area contributed by atoms with Crippen molar-refractivity contribution in [3.63, 3.8) is 0 Å². The minimum absolute atomic E-state index is 0.0479. The molecule has 0 unspecified atom stereocenters. The number of benzene rings is 2. The molecule has 0 bridgehead atoms. The van der Waals surface area contributed by atoms with Gasteiger partial charge in [-0.15, -0.1) is 0 Å². The van der Waals surface area contributed by atoms with Crippen molar-refractivity contribution in [2.45, 2.75) is 13.6 Å². The second-order valence-corrected chi connectivity index (χ2v) is 11.7. The summed E-state index contributed by atoms with van der Waals surface area (Å²) in [7, 11) is -2.43. The van der Waals surface area contributed by atoms with E-state index in [1.54, 1.807) is 6.07 Å². The van der Waals surface area contributed by atoms with Crippen molar-refractivity contribution in [1.29, 1.82) is 0 Å². The number of hydrogen-bond acceptors (Lipinski definition) is 5. The standard InChI is InChI=1S/C21H19Cl3FN3O4S/c1-32-18-5-3-14(33(30,31)19-12-26-16-10-13(25)2-4-15(16)19)11-17(18)27-6-8-28(9-7-27)20(29)21(22,23)24/h2-5,10-12,26H,6-9H2,1H3. The zero-order valence-electron chi connectivity index (χ0n) is 17.3. The summed E-state index contributed by atoms with van der Waals surface area (Å²) in [5.74, 6) is -0.588. The second-order valence-electron chi connectivity index (χ2n) is 7.46. The first-order valence-corrected chi connectivity index (χ1v) is 12.4. The molecule has 1 aromatic heterocycles. The van der Waals surface area contributed by atoms with Crippen LogP contribution in [0.5, 0.6) is 5.75 Å². The number of aromatic nitrogens is 1. The predicted molar refractivity (Wildman–Crippen MR) is 126 cm³/mol. The number of halogens is 4. The van der Waals surface area contributed by atoms with Crippen molar-refractivity contribution in [2.75, 3.05) is 38.2 Å². The lowest BCUT2D eigenvalue weighted by Gasteiger charge is -2.37. The molecule has 1 fully saturated rings. The number of piperazine rings is 1. The summed E-state index contributed by atoms with van der Waals surface area (Å²) >= 11 is 17.1. The fraction of sp³-hybridized carbons (Fsp3) is 0.286. The summed E-state index contributed by atoms with van der Waals surface area (Å²) < 4.78 is 43.7. The van der Waals surface area contributed by atoms with Gasteiger partial charge in [0.05, 0.1) is 22.6 Å². The molecule has 1 amide bonds. The SMILES string of the molecule is COc1ccc(S(=O)(=O)c2c[nH]c3cc(F)ccc23)cc1N1CCN(C(=O)C(Cl)(Cl)Cl)CC1. The maximum atomic E-state index is 13.5. The molecule has 0 aliphatic carbocycles. The monoisotopic (exact) mass is 533 g/mol. The van der Waals surface area contributed by atoms with Crippen molar-refractivity contribution in [3.05, 3.63) is 48.4 Å². The van der Waals surface area contributed by atoms with Crippen LogP contribution in [0.3, 0.4) is 0 Å². The van der Waals surface area contributed by atoms with Gasteiger partial charge in [-0.1, -0.05) is 34.8 Å². The van der Waals surface area contributed by atoms with E-state index >= 15 is 0 Å². The molecule has 4 rings (SSSR count). The number of sulfone groups is 1. The van der Waals surface area contributed by atoms with Gasteiger partial charge < -0.3 is 19.5 Å². The maximum absolute atomic E-state index is 13.5. The number of anilines is 1. The van der Waals surface area contributed by atoms with Crippen molar-refractivity contribution < 1.29 is 22.3 Å². The molecule has 0 saturated carbocycles. The second kappa shape index (κ2) is 8.87. The lowest BCUT2D eigenvalue weighted by molar-refractivity contribution is -0.130. The molecule has 3 aromatic rings. The third kappa shape index (κ3) is 4.59. The molecule has 0 atom stereocenters. The van der Waals surface area contributed by atoms with Crippen LogP contribution in [0.2, 0.25) is 0 Å². The van der Waals surface area contributed by atoms with Crippen LogP contribution < -0.4 is 9.64 Å². The minimum Gasteiger partial charge on any atom is -0.495 e. The number of carbonyl (C=O) groups excluding carboxylic acids is 1. The summed E-state index contributed by atoms with van der Waals surface area (Å²) in [6, 6.07) is 8.46. The molecule has 1 aliphatic rings. The number of carbonyl (C=O) groups is 1. The van der Waals surface area contributed by atoms with Gasteiger partial charge in [0.25, 0.3) is 9.70 Å². The highest BCUT2D eigenvalue weighted by Gasteiger charge is 2.37. The van der Waals surface area contributed by atoms with Crippen molar-refractivity contribution >= 4 is 67.1 Å². The van der Waals surface area contributed by atoms with Crippen LogP contribution in [0.4, 0.5) is 10.1 Å². The molecule has 1 N–H and O–H groups in total. The summed E-state index contributed by atoms with van der Waals surface area (Å²) in [5.41, 5.74) is 0.947. The highest BCUT2D eigenvalue weighted by Crippen LogP contribution is 2.36. The van der Waals surface area contributed by atoms with Gasteiger partial charge in [-0.3, -0.25) is 4.79 Å². The maximum Gasteiger partial charge on any atom is 0.274 e. The minimum atomic E-state index is -3.92. The van der Waals surface area contributed by atoms with Crippen LogP contribution in [-0.2, 0) is 14.6 Å². The van der Waals surface area contributed by atoms with E-state index in [9.17, 15) is 17.6 Å². The number of H-pyrrole nitrogens is 1. The van der Waals surface area contributed by atoms with Crippen molar-refractivity contribution in [2.24, 2.45) is 0 Å². The van der Waals surface area contributed by atoms with E-state index in [0.717, 1.165) is 0 Å². The molecular weight excluding hydrogens is 516 g/mol. The lowest BCUT2D eigenvalue weighted by atomic mass is 10.2. The van der Waals surface area contributed by atoms with E-state index in [-0.39, 0.29) is 9.79 Å². The number of ether oxygens (including phenoxy) is 1. The van der Waals surface area contributed by atoms with Gasteiger partial charge in [0.1, 0.15) is 11.6 Å². The number of methoxy groups -OCH3 is 1. The summed E-state index contributed by atoms with van der Waals surface area (Å²) in [5, 5.41) is 0.396. The fourth-order valence-corrected chi connectivity index (χ4v) is 5.64. The molecule has 2 heterocycles. The molecule has 0 spiro atoms. The molecule has 1 aliphatic heterocycles. The highest BCUT2D eigenvalue weighted by atomic mass is 35.6. The zero-order valence-corrected chi connectivity index (χ0v) is 20.4. The van der Waals surface area contributed by atoms with Gasteiger partial charge >= 0.3 is 0 Å². The van der Waals surface area contributed by atoms with Crippen molar-refractivity contribution in [1.82, 2.24) is 9.88 Å². The zero-order chi connectivity index (χ0) is 24.0. The van der Waals surface area contributed by atoms with E-state index in [1.165, 1.54) is 48.5 Å². The number of aromatic amines is 1. The van der Waals surface area contributed by atoms with Crippen molar-refractivity contribution in [3.8, 4) is 5.75 Å². The quantitative estimate of drug-likeness (QED) is 0.508. The van der Waals surface area contributed by atoms with Crippen LogP contribution in [0.15, 0.2) is 52.4 Å². The topological polar surface area (TPSA) is 82.7 Å². The summed E-state index contributed by atoms with van der Waals surface area (Å²) in [6.07, 6.45) is 1.35. The summed E-state index contributed by atoms with van der Waals surface area (Å²) in [6.45, 7) is 1.36. The van der Waals surface area contributed by atoms with E-state index in [0.29, 0.717) is 48.5 Å². The molecule has 176 valence electrons. The first-order chi connectivity index (χ1) is 15.5. The van der Waals surface area contributed by atoms with Crippen LogP contribution in [0.1, 0.15) is 0 Å². The van der Waals surface area contributed by atoms with Gasteiger partial charge in [0, 0.05) is 43.3 Å². The van der Waals surface area contributed by atoms with Gasteiger partial charge in [0.2, 0.25) is 9.84 Å². The number of amides is 1. The van der Waals surface area contributed by atoms with Gasteiger partial charge in [0.15, 0.2) is 0 Å². The first kappa shape index (κ1) is 23.9. The number of hydrogen-bond donors (Lipinski definition) is 1. The van der Waals surface area contributed by atoms with E-state index < -0.39 is 25.4 Å². The van der Waals surface area contributed by atoms with Crippen LogP contribution in [-0.4, -0.2) is 61.3 Å². The Morgan fingerprint density at radius 2 is 1.79 bits per heavy atom. The molecule has 1 saturated heterocycles. The molecule has 0 radical (unpaired) electrons. The Bertz CT molecular complexity index is 1320. The first-order valence-electron chi connectivity index (χ1n) is 9.83. The van der Waals surface area contributed by atoms with E-state index in [2.05, 4.69) is 4.98 Å². The number of alkyl halides is 3. The number of nitrogens with one attached hydrogen (secondary N) is 1. The normalized spacial score (nSPS) is 15.2. The Morgan fingerprint density at radius 1 is 1.09 bits per heavy atom. The molecule has 33 heavy (non-hydrogen) atoms. The average Bonchev–Trinajstić information content (AvgIpc) is 3.21. The Balaban J connectivity index is 1.65. The third-order valence-corrected chi connectivity index (χ3v) is 7.78. The Labute approximate surface area is 204 Å². The van der Waals surface area contributed by atoms with Crippen LogP contribution in [0, 0.1) is 5.82 Å². The highest BCUT2D eigenvalue weighted by molar-refractivity contribution is 7.91. The predicted octanol–water partition coefficient (Wildman–Crippen LogP) is 4.17. The number of rotatable bonds is 4. The average molecular weight is 535 g/mol. The Morgan fingerprint density at radius 3 is 2.42 bits per heavy atom. The number of nitrogens with zero attached hydrogens (tertiary/aromatic N) is 2. The smallest absolute Gasteiger partial charge is 0.274 e. The third-order valence-electron chi connectivity index (χ3n) is 5.51. The molecule has 2 aromatic carbocycles.